The van der Waals surface area contributed by atoms with E-state index in [0.29, 0.717) is 6.61 Å². The molecule has 1 amide bonds. The summed E-state index contributed by atoms with van der Waals surface area (Å²) in [4.78, 5) is 11.6. The molecule has 0 fully saturated rings. The molecule has 1 unspecified atom stereocenters. The SMILES string of the molecule is CCCOCC(=O)Nc1cccc(C(C)NCC)c1. The van der Waals surface area contributed by atoms with Crippen molar-refractivity contribution < 1.29 is 9.53 Å². The Kier molecular flexibility index (Phi) is 7.15. The summed E-state index contributed by atoms with van der Waals surface area (Å²) in [5, 5.41) is 6.19. The minimum absolute atomic E-state index is 0.110. The summed E-state index contributed by atoms with van der Waals surface area (Å²) in [5.41, 5.74) is 1.97. The van der Waals surface area contributed by atoms with Gasteiger partial charge in [0, 0.05) is 18.3 Å². The molecule has 106 valence electrons. The first-order chi connectivity index (χ1) is 9.17. The molecular formula is C15H24N2O2. The van der Waals surface area contributed by atoms with E-state index >= 15 is 0 Å². The van der Waals surface area contributed by atoms with E-state index in [4.69, 9.17) is 4.74 Å². The van der Waals surface area contributed by atoms with Crippen LogP contribution in [0.15, 0.2) is 24.3 Å². The van der Waals surface area contributed by atoms with Crippen molar-refractivity contribution in [2.24, 2.45) is 0 Å². The molecule has 0 spiro atoms. The molecular weight excluding hydrogens is 240 g/mol. The van der Waals surface area contributed by atoms with E-state index in [1.807, 2.05) is 25.1 Å². The van der Waals surface area contributed by atoms with Crippen LogP contribution < -0.4 is 10.6 Å². The quantitative estimate of drug-likeness (QED) is 0.710. The predicted molar refractivity (Wildman–Crippen MR) is 78.3 cm³/mol. The van der Waals surface area contributed by atoms with E-state index in [0.717, 1.165) is 24.2 Å². The van der Waals surface area contributed by atoms with E-state index in [1.165, 1.54) is 0 Å². The average Bonchev–Trinajstić information content (AvgIpc) is 2.39. The molecule has 1 aromatic rings. The highest BCUT2D eigenvalue weighted by Crippen LogP contribution is 2.17. The Labute approximate surface area is 115 Å². The van der Waals surface area contributed by atoms with Crippen molar-refractivity contribution in [1.29, 1.82) is 0 Å². The summed E-state index contributed by atoms with van der Waals surface area (Å²) in [6.07, 6.45) is 0.920. The van der Waals surface area contributed by atoms with Gasteiger partial charge >= 0.3 is 0 Å². The van der Waals surface area contributed by atoms with Gasteiger partial charge in [0.05, 0.1) is 0 Å². The van der Waals surface area contributed by atoms with E-state index in [1.54, 1.807) is 0 Å². The van der Waals surface area contributed by atoms with Gasteiger partial charge in [-0.25, -0.2) is 0 Å². The van der Waals surface area contributed by atoms with Gasteiger partial charge in [-0.3, -0.25) is 4.79 Å². The Bertz CT molecular complexity index is 393. The molecule has 0 aliphatic heterocycles. The number of carbonyl (C=O) groups is 1. The van der Waals surface area contributed by atoms with Crippen molar-refractivity contribution in [3.05, 3.63) is 29.8 Å². The van der Waals surface area contributed by atoms with Gasteiger partial charge in [0.1, 0.15) is 6.61 Å². The third kappa shape index (κ3) is 5.85. The van der Waals surface area contributed by atoms with E-state index < -0.39 is 0 Å². The largest absolute Gasteiger partial charge is 0.372 e. The van der Waals surface area contributed by atoms with Crippen LogP contribution in [0.5, 0.6) is 0 Å². The Morgan fingerprint density at radius 3 is 2.84 bits per heavy atom. The molecule has 19 heavy (non-hydrogen) atoms. The number of hydrogen-bond donors (Lipinski definition) is 2. The number of benzene rings is 1. The van der Waals surface area contributed by atoms with Crippen molar-refractivity contribution in [3.8, 4) is 0 Å². The highest BCUT2D eigenvalue weighted by molar-refractivity contribution is 5.91. The first kappa shape index (κ1) is 15.7. The van der Waals surface area contributed by atoms with Crippen LogP contribution in [0, 0.1) is 0 Å². The molecule has 4 heteroatoms. The van der Waals surface area contributed by atoms with Crippen LogP contribution >= 0.6 is 0 Å². The lowest BCUT2D eigenvalue weighted by Crippen LogP contribution is -2.20. The zero-order valence-corrected chi connectivity index (χ0v) is 12.0. The molecule has 2 N–H and O–H groups in total. The number of nitrogens with one attached hydrogen (secondary N) is 2. The highest BCUT2D eigenvalue weighted by atomic mass is 16.5. The van der Waals surface area contributed by atoms with E-state index in [-0.39, 0.29) is 18.6 Å². The van der Waals surface area contributed by atoms with Crippen molar-refractivity contribution in [1.82, 2.24) is 5.32 Å². The Balaban J connectivity index is 2.54. The molecule has 1 atom stereocenters. The highest BCUT2D eigenvalue weighted by Gasteiger charge is 2.06. The third-order valence-electron chi connectivity index (χ3n) is 2.76. The van der Waals surface area contributed by atoms with E-state index in [2.05, 4.69) is 30.5 Å². The third-order valence-corrected chi connectivity index (χ3v) is 2.76. The summed E-state index contributed by atoms with van der Waals surface area (Å²) >= 11 is 0. The number of amides is 1. The second kappa shape index (κ2) is 8.67. The molecule has 4 nitrogen and oxygen atoms in total. The van der Waals surface area contributed by atoms with Gasteiger partial charge in [0.15, 0.2) is 0 Å². The molecule has 0 radical (unpaired) electrons. The summed E-state index contributed by atoms with van der Waals surface area (Å²) in [6.45, 7) is 7.85. The maximum absolute atomic E-state index is 11.6. The molecule has 0 aromatic heterocycles. The zero-order chi connectivity index (χ0) is 14.1. The number of anilines is 1. The smallest absolute Gasteiger partial charge is 0.250 e. The maximum atomic E-state index is 11.6. The first-order valence-electron chi connectivity index (χ1n) is 6.88. The van der Waals surface area contributed by atoms with Crippen LogP contribution in [-0.4, -0.2) is 25.7 Å². The van der Waals surface area contributed by atoms with E-state index in [9.17, 15) is 4.79 Å². The molecule has 0 bridgehead atoms. The molecule has 0 saturated carbocycles. The molecule has 0 heterocycles. The minimum atomic E-state index is -0.110. The Hall–Kier alpha value is -1.39. The van der Waals surface area contributed by atoms with Crippen molar-refractivity contribution in [2.75, 3.05) is 25.1 Å². The Morgan fingerprint density at radius 2 is 2.16 bits per heavy atom. The van der Waals surface area contributed by atoms with Crippen molar-refractivity contribution >= 4 is 11.6 Å². The average molecular weight is 264 g/mol. The van der Waals surface area contributed by atoms with Crippen LogP contribution in [0.25, 0.3) is 0 Å². The second-order valence-corrected chi connectivity index (χ2v) is 4.51. The van der Waals surface area contributed by atoms with Gasteiger partial charge in [0.25, 0.3) is 0 Å². The maximum Gasteiger partial charge on any atom is 0.250 e. The number of hydrogen-bond acceptors (Lipinski definition) is 3. The van der Waals surface area contributed by atoms with Crippen LogP contribution in [0.1, 0.15) is 38.8 Å². The number of rotatable bonds is 8. The second-order valence-electron chi connectivity index (χ2n) is 4.51. The lowest BCUT2D eigenvalue weighted by molar-refractivity contribution is -0.120. The molecule has 1 rings (SSSR count). The summed E-state index contributed by atoms with van der Waals surface area (Å²) in [7, 11) is 0. The van der Waals surface area contributed by atoms with Gasteiger partial charge in [-0.2, -0.15) is 0 Å². The van der Waals surface area contributed by atoms with Gasteiger partial charge in [0.2, 0.25) is 5.91 Å². The summed E-state index contributed by atoms with van der Waals surface area (Å²) in [5.74, 6) is -0.110. The fraction of sp³-hybridized carbons (Fsp3) is 0.533. The fourth-order valence-electron chi connectivity index (χ4n) is 1.82. The molecule has 0 saturated heterocycles. The summed E-state index contributed by atoms with van der Waals surface area (Å²) in [6, 6.07) is 8.16. The Morgan fingerprint density at radius 1 is 1.37 bits per heavy atom. The monoisotopic (exact) mass is 264 g/mol. The van der Waals surface area contributed by atoms with Gasteiger partial charge in [-0.05, 0) is 37.6 Å². The number of carbonyl (C=O) groups excluding carboxylic acids is 1. The van der Waals surface area contributed by atoms with Crippen molar-refractivity contribution in [3.63, 3.8) is 0 Å². The van der Waals surface area contributed by atoms with Crippen LogP contribution in [-0.2, 0) is 9.53 Å². The molecule has 0 aliphatic rings. The standard InChI is InChI=1S/C15H24N2O2/c1-4-9-19-11-15(18)17-14-8-6-7-13(10-14)12(3)16-5-2/h6-8,10,12,16H,4-5,9,11H2,1-3H3,(H,17,18). The van der Waals surface area contributed by atoms with Crippen LogP contribution in [0.4, 0.5) is 5.69 Å². The first-order valence-corrected chi connectivity index (χ1v) is 6.88. The van der Waals surface area contributed by atoms with Crippen LogP contribution in [0.3, 0.4) is 0 Å². The van der Waals surface area contributed by atoms with Gasteiger partial charge in [-0.15, -0.1) is 0 Å². The number of ether oxygens (including phenoxy) is 1. The molecule has 1 aromatic carbocycles. The normalized spacial score (nSPS) is 12.2. The van der Waals surface area contributed by atoms with Gasteiger partial charge < -0.3 is 15.4 Å². The lowest BCUT2D eigenvalue weighted by Gasteiger charge is -2.14. The minimum Gasteiger partial charge on any atom is -0.372 e. The fourth-order valence-corrected chi connectivity index (χ4v) is 1.82. The summed E-state index contributed by atoms with van der Waals surface area (Å²) < 4.78 is 5.21. The predicted octanol–water partition coefficient (Wildman–Crippen LogP) is 2.72. The zero-order valence-electron chi connectivity index (χ0n) is 12.0. The van der Waals surface area contributed by atoms with Gasteiger partial charge in [-0.1, -0.05) is 26.0 Å². The lowest BCUT2D eigenvalue weighted by atomic mass is 10.1. The van der Waals surface area contributed by atoms with Crippen molar-refractivity contribution in [2.45, 2.75) is 33.2 Å². The molecule has 0 aliphatic carbocycles. The topological polar surface area (TPSA) is 50.4 Å². The van der Waals surface area contributed by atoms with Crippen LogP contribution in [0.2, 0.25) is 0 Å².